The molecule has 0 bridgehead atoms. The Morgan fingerprint density at radius 2 is 1.77 bits per heavy atom. The topological polar surface area (TPSA) is 69.7 Å². The summed E-state index contributed by atoms with van der Waals surface area (Å²) in [5.41, 5.74) is 3.26. The first-order valence-electron chi connectivity index (χ1n) is 10.4. The molecule has 3 rings (SSSR count). The van der Waals surface area contributed by atoms with Crippen molar-refractivity contribution in [1.29, 1.82) is 0 Å². The predicted molar refractivity (Wildman–Crippen MR) is 120 cm³/mol. The van der Waals surface area contributed by atoms with E-state index in [4.69, 9.17) is 0 Å². The van der Waals surface area contributed by atoms with Crippen molar-refractivity contribution in [2.24, 2.45) is 0 Å². The van der Waals surface area contributed by atoms with Crippen molar-refractivity contribution in [2.45, 2.75) is 50.1 Å². The van der Waals surface area contributed by atoms with E-state index >= 15 is 0 Å². The average molecular weight is 430 g/mol. The lowest BCUT2D eigenvalue weighted by Gasteiger charge is -2.32. The van der Waals surface area contributed by atoms with Crippen LogP contribution in [0, 0.1) is 0 Å². The number of amides is 1. The molecule has 30 heavy (non-hydrogen) atoms. The molecule has 0 saturated carbocycles. The van der Waals surface area contributed by atoms with E-state index < -0.39 is 10.0 Å². The van der Waals surface area contributed by atoms with Crippen molar-refractivity contribution in [2.75, 3.05) is 26.0 Å². The predicted octanol–water partition coefficient (Wildman–Crippen LogP) is 3.66. The Bertz CT molecular complexity index is 987. The van der Waals surface area contributed by atoms with Crippen molar-refractivity contribution in [1.82, 2.24) is 9.21 Å². The first-order chi connectivity index (χ1) is 14.2. The standard InChI is InChI=1S/C23H31N3O3S/c1-17(2)26(4)30(28,29)20-14-12-19(13-15-20)24-23(27)16-25(3)22-11-7-9-18-8-5-6-10-21(18)22/h5-6,8,10,12-15,17,22H,7,9,11,16H2,1-4H3,(H,24,27)/t22-/m1/s1. The Morgan fingerprint density at radius 3 is 2.43 bits per heavy atom. The van der Waals surface area contributed by atoms with Gasteiger partial charge in [-0.1, -0.05) is 24.3 Å². The number of hydrogen-bond acceptors (Lipinski definition) is 4. The number of fused-ring (bicyclic) bond motifs is 1. The number of carbonyl (C=O) groups is 1. The van der Waals surface area contributed by atoms with Gasteiger partial charge in [0.15, 0.2) is 0 Å². The number of aryl methyl sites for hydroxylation is 1. The van der Waals surface area contributed by atoms with E-state index in [9.17, 15) is 13.2 Å². The first kappa shape index (κ1) is 22.5. The molecule has 0 aromatic heterocycles. The van der Waals surface area contributed by atoms with Crippen molar-refractivity contribution in [3.8, 4) is 0 Å². The highest BCUT2D eigenvalue weighted by Gasteiger charge is 2.25. The van der Waals surface area contributed by atoms with Crippen LogP contribution in [0.5, 0.6) is 0 Å². The van der Waals surface area contributed by atoms with Crippen LogP contribution in [0.15, 0.2) is 53.4 Å². The van der Waals surface area contributed by atoms with Gasteiger partial charge in [0.05, 0.1) is 11.4 Å². The molecular weight excluding hydrogens is 398 g/mol. The Balaban J connectivity index is 1.63. The smallest absolute Gasteiger partial charge is 0.243 e. The molecule has 1 N–H and O–H groups in total. The van der Waals surface area contributed by atoms with E-state index in [1.54, 1.807) is 19.2 Å². The highest BCUT2D eigenvalue weighted by Crippen LogP contribution is 2.33. The van der Waals surface area contributed by atoms with Crippen LogP contribution in [-0.4, -0.2) is 50.2 Å². The molecule has 1 atom stereocenters. The highest BCUT2D eigenvalue weighted by molar-refractivity contribution is 7.89. The minimum atomic E-state index is -3.53. The van der Waals surface area contributed by atoms with E-state index in [2.05, 4.69) is 34.5 Å². The molecule has 7 heteroatoms. The summed E-state index contributed by atoms with van der Waals surface area (Å²) in [7, 11) is 0.00738. The minimum absolute atomic E-state index is 0.115. The molecule has 162 valence electrons. The second-order valence-electron chi connectivity index (χ2n) is 8.21. The van der Waals surface area contributed by atoms with Crippen molar-refractivity contribution in [3.05, 3.63) is 59.7 Å². The fourth-order valence-corrected chi connectivity index (χ4v) is 5.25. The molecule has 6 nitrogen and oxygen atoms in total. The van der Waals surface area contributed by atoms with Crippen LogP contribution in [0.2, 0.25) is 0 Å². The van der Waals surface area contributed by atoms with Gasteiger partial charge in [-0.3, -0.25) is 9.69 Å². The summed E-state index contributed by atoms with van der Waals surface area (Å²) in [6.07, 6.45) is 3.25. The summed E-state index contributed by atoms with van der Waals surface area (Å²) in [6.45, 7) is 3.93. The zero-order valence-corrected chi connectivity index (χ0v) is 18.9. The van der Waals surface area contributed by atoms with Crippen LogP contribution in [-0.2, 0) is 21.2 Å². The van der Waals surface area contributed by atoms with E-state index in [0.29, 0.717) is 5.69 Å². The number of benzene rings is 2. The van der Waals surface area contributed by atoms with E-state index in [1.165, 1.54) is 27.6 Å². The van der Waals surface area contributed by atoms with Crippen LogP contribution in [0.1, 0.15) is 43.9 Å². The molecule has 2 aromatic rings. The molecule has 0 spiro atoms. The van der Waals surface area contributed by atoms with Gasteiger partial charge in [-0.15, -0.1) is 0 Å². The SMILES string of the molecule is CC(C)N(C)S(=O)(=O)c1ccc(NC(=O)CN(C)[C@@H]2CCCc3ccccc32)cc1. The lowest BCUT2D eigenvalue weighted by molar-refractivity contribution is -0.117. The van der Waals surface area contributed by atoms with Gasteiger partial charge in [0.2, 0.25) is 15.9 Å². The second-order valence-corrected chi connectivity index (χ2v) is 10.2. The number of likely N-dealkylation sites (N-methyl/N-ethyl adjacent to an activating group) is 1. The summed E-state index contributed by atoms with van der Waals surface area (Å²) in [5.74, 6) is -0.115. The van der Waals surface area contributed by atoms with Gasteiger partial charge in [0, 0.05) is 24.8 Å². The number of sulfonamides is 1. The van der Waals surface area contributed by atoms with Gasteiger partial charge < -0.3 is 5.32 Å². The van der Waals surface area contributed by atoms with Gasteiger partial charge in [0.1, 0.15) is 0 Å². The van der Waals surface area contributed by atoms with Gasteiger partial charge in [-0.25, -0.2) is 8.42 Å². The van der Waals surface area contributed by atoms with Gasteiger partial charge in [0.25, 0.3) is 0 Å². The van der Waals surface area contributed by atoms with Crippen LogP contribution < -0.4 is 5.32 Å². The molecule has 0 heterocycles. The molecule has 0 saturated heterocycles. The number of nitrogens with one attached hydrogen (secondary N) is 1. The number of hydrogen-bond donors (Lipinski definition) is 1. The van der Waals surface area contributed by atoms with Gasteiger partial charge >= 0.3 is 0 Å². The van der Waals surface area contributed by atoms with E-state index in [-0.39, 0.29) is 29.4 Å². The Morgan fingerprint density at radius 1 is 1.10 bits per heavy atom. The molecule has 0 radical (unpaired) electrons. The third-order valence-corrected chi connectivity index (χ3v) is 7.85. The molecule has 2 aromatic carbocycles. The highest BCUT2D eigenvalue weighted by atomic mass is 32.2. The zero-order valence-electron chi connectivity index (χ0n) is 18.1. The van der Waals surface area contributed by atoms with Gasteiger partial charge in [-0.2, -0.15) is 4.31 Å². The largest absolute Gasteiger partial charge is 0.325 e. The molecule has 0 aliphatic heterocycles. The summed E-state index contributed by atoms with van der Waals surface area (Å²) < 4.78 is 26.5. The van der Waals surface area contributed by atoms with Crippen LogP contribution in [0.25, 0.3) is 0 Å². The zero-order chi connectivity index (χ0) is 21.9. The summed E-state index contributed by atoms with van der Waals surface area (Å²) in [4.78, 5) is 14.9. The first-order valence-corrected chi connectivity index (χ1v) is 11.8. The lowest BCUT2D eigenvalue weighted by Crippen LogP contribution is -2.35. The quantitative estimate of drug-likeness (QED) is 0.729. The molecule has 1 amide bonds. The Labute approximate surface area is 179 Å². The molecular formula is C23H31N3O3S. The van der Waals surface area contributed by atoms with Crippen LogP contribution in [0.3, 0.4) is 0 Å². The van der Waals surface area contributed by atoms with Crippen molar-refractivity contribution in [3.63, 3.8) is 0 Å². The normalized spacial score (nSPS) is 16.7. The number of carbonyl (C=O) groups excluding carboxylic acids is 1. The summed E-state index contributed by atoms with van der Waals surface area (Å²) >= 11 is 0. The Kier molecular flexibility index (Phi) is 6.95. The number of rotatable bonds is 7. The molecule has 0 fully saturated rings. The summed E-state index contributed by atoms with van der Waals surface area (Å²) in [5, 5.41) is 2.88. The lowest BCUT2D eigenvalue weighted by atomic mass is 9.87. The van der Waals surface area contributed by atoms with Gasteiger partial charge in [-0.05, 0) is 75.5 Å². The molecule has 1 aliphatic rings. The van der Waals surface area contributed by atoms with Crippen molar-refractivity contribution >= 4 is 21.6 Å². The van der Waals surface area contributed by atoms with E-state index in [1.807, 2.05) is 20.9 Å². The number of nitrogens with zero attached hydrogens (tertiary/aromatic N) is 2. The summed E-state index contributed by atoms with van der Waals surface area (Å²) in [6, 6.07) is 14.9. The van der Waals surface area contributed by atoms with E-state index in [0.717, 1.165) is 19.3 Å². The average Bonchev–Trinajstić information content (AvgIpc) is 2.72. The number of anilines is 1. The fourth-order valence-electron chi connectivity index (χ4n) is 3.88. The van der Waals surface area contributed by atoms with Crippen molar-refractivity contribution < 1.29 is 13.2 Å². The van der Waals surface area contributed by atoms with Crippen LogP contribution >= 0.6 is 0 Å². The maximum atomic E-state index is 12.6. The molecule has 1 aliphatic carbocycles. The maximum Gasteiger partial charge on any atom is 0.243 e. The molecule has 0 unspecified atom stereocenters. The third kappa shape index (κ3) is 4.91. The Hall–Kier alpha value is -2.22. The second kappa shape index (κ2) is 9.29. The van der Waals surface area contributed by atoms with Crippen LogP contribution in [0.4, 0.5) is 5.69 Å². The fraction of sp³-hybridized carbons (Fsp3) is 0.435. The minimum Gasteiger partial charge on any atom is -0.325 e. The monoisotopic (exact) mass is 429 g/mol. The third-order valence-electron chi connectivity index (χ3n) is 5.81. The maximum absolute atomic E-state index is 12.6.